The van der Waals surface area contributed by atoms with Gasteiger partial charge in [0.15, 0.2) is 0 Å². The third kappa shape index (κ3) is 4.77. The monoisotopic (exact) mass is 319 g/mol. The molecule has 1 aliphatic heterocycles. The van der Waals surface area contributed by atoms with E-state index >= 15 is 0 Å². The van der Waals surface area contributed by atoms with Crippen LogP contribution < -0.4 is 10.6 Å². The summed E-state index contributed by atoms with van der Waals surface area (Å²) < 4.78 is 5.00. The molecular weight excluding hydrogens is 294 g/mol. The third-order valence-electron chi connectivity index (χ3n) is 3.99. The number of benzene rings is 1. The van der Waals surface area contributed by atoms with Crippen LogP contribution >= 0.6 is 0 Å². The van der Waals surface area contributed by atoms with E-state index in [1.807, 2.05) is 31.2 Å². The first kappa shape index (κ1) is 17.4. The van der Waals surface area contributed by atoms with E-state index in [9.17, 15) is 9.59 Å². The zero-order valence-corrected chi connectivity index (χ0v) is 13.8. The first-order chi connectivity index (χ1) is 11.2. The molecule has 0 spiro atoms. The normalized spacial score (nSPS) is 17.6. The van der Waals surface area contributed by atoms with E-state index in [1.165, 1.54) is 0 Å². The molecule has 2 amide bonds. The fourth-order valence-electron chi connectivity index (χ4n) is 2.66. The second-order valence-corrected chi connectivity index (χ2v) is 5.66. The Morgan fingerprint density at radius 3 is 2.91 bits per heavy atom. The zero-order chi connectivity index (χ0) is 16.7. The smallest absolute Gasteiger partial charge is 0.229 e. The van der Waals surface area contributed by atoms with Gasteiger partial charge in [0.1, 0.15) is 0 Å². The zero-order valence-electron chi connectivity index (χ0n) is 13.8. The molecule has 1 aromatic rings. The molecule has 126 valence electrons. The largest absolute Gasteiger partial charge is 0.383 e. The van der Waals surface area contributed by atoms with Crippen molar-refractivity contribution >= 4 is 17.5 Å². The van der Waals surface area contributed by atoms with Crippen LogP contribution in [0.2, 0.25) is 0 Å². The fourth-order valence-corrected chi connectivity index (χ4v) is 2.66. The van der Waals surface area contributed by atoms with Crippen molar-refractivity contribution in [3.63, 3.8) is 0 Å². The Kier molecular flexibility index (Phi) is 6.55. The van der Waals surface area contributed by atoms with Crippen LogP contribution in [0.5, 0.6) is 0 Å². The lowest BCUT2D eigenvalue weighted by Gasteiger charge is -2.16. The number of anilines is 1. The van der Waals surface area contributed by atoms with Gasteiger partial charge in [-0.2, -0.15) is 0 Å². The Balaban J connectivity index is 1.96. The molecule has 1 saturated heterocycles. The number of amides is 2. The van der Waals surface area contributed by atoms with Gasteiger partial charge >= 0.3 is 0 Å². The number of rotatable bonds is 8. The molecule has 0 aromatic heterocycles. The van der Waals surface area contributed by atoms with E-state index < -0.39 is 0 Å². The highest BCUT2D eigenvalue weighted by Crippen LogP contribution is 2.21. The lowest BCUT2D eigenvalue weighted by molar-refractivity contribution is -0.128. The summed E-state index contributed by atoms with van der Waals surface area (Å²) in [4.78, 5) is 26.1. The first-order valence-electron chi connectivity index (χ1n) is 8.02. The van der Waals surface area contributed by atoms with Crippen LogP contribution in [0.1, 0.15) is 18.9 Å². The van der Waals surface area contributed by atoms with Crippen molar-refractivity contribution in [2.24, 2.45) is 5.92 Å². The van der Waals surface area contributed by atoms with Gasteiger partial charge in [-0.15, -0.1) is 0 Å². The van der Waals surface area contributed by atoms with Crippen LogP contribution in [-0.4, -0.2) is 50.1 Å². The van der Waals surface area contributed by atoms with Gasteiger partial charge in [-0.05, 0) is 18.2 Å². The number of nitrogens with zero attached hydrogens (tertiary/aromatic N) is 1. The van der Waals surface area contributed by atoms with Crippen molar-refractivity contribution in [2.75, 3.05) is 38.7 Å². The van der Waals surface area contributed by atoms with Crippen molar-refractivity contribution in [2.45, 2.75) is 19.9 Å². The number of methoxy groups -OCH3 is 1. The summed E-state index contributed by atoms with van der Waals surface area (Å²) in [7, 11) is 1.60. The number of hydrogen-bond acceptors (Lipinski definition) is 4. The highest BCUT2D eigenvalue weighted by atomic mass is 16.5. The van der Waals surface area contributed by atoms with Gasteiger partial charge < -0.3 is 20.3 Å². The van der Waals surface area contributed by atoms with Gasteiger partial charge in [0.25, 0.3) is 0 Å². The molecule has 0 radical (unpaired) electrons. The standard InChI is InChI=1S/C17H25N3O3/c1-3-18-11-13-6-4-5-7-15(13)19-17(22)14-10-16(21)20(12-14)8-9-23-2/h4-7,14,18H,3,8-12H2,1-2H3,(H,19,22). The predicted molar refractivity (Wildman–Crippen MR) is 89.0 cm³/mol. The van der Waals surface area contributed by atoms with Crippen molar-refractivity contribution in [3.05, 3.63) is 29.8 Å². The fraction of sp³-hybridized carbons (Fsp3) is 0.529. The summed E-state index contributed by atoms with van der Waals surface area (Å²) >= 11 is 0. The predicted octanol–water partition coefficient (Wildman–Crippen LogP) is 1.23. The van der Waals surface area contributed by atoms with Crippen LogP contribution in [0, 0.1) is 5.92 Å². The summed E-state index contributed by atoms with van der Waals surface area (Å²) in [6, 6.07) is 7.73. The van der Waals surface area contributed by atoms with Crippen LogP contribution in [0.15, 0.2) is 24.3 Å². The van der Waals surface area contributed by atoms with E-state index in [0.29, 0.717) is 26.2 Å². The third-order valence-corrected chi connectivity index (χ3v) is 3.99. The number of carbonyl (C=O) groups excluding carboxylic acids is 2. The van der Waals surface area contributed by atoms with Gasteiger partial charge in [0.2, 0.25) is 11.8 Å². The minimum absolute atomic E-state index is 0.0168. The molecule has 1 heterocycles. The topological polar surface area (TPSA) is 70.7 Å². The maximum Gasteiger partial charge on any atom is 0.229 e. The summed E-state index contributed by atoms with van der Waals surface area (Å²) in [5, 5.41) is 6.23. The van der Waals surface area contributed by atoms with Gasteiger partial charge in [-0.3, -0.25) is 9.59 Å². The van der Waals surface area contributed by atoms with E-state index in [-0.39, 0.29) is 24.2 Å². The second-order valence-electron chi connectivity index (χ2n) is 5.66. The minimum Gasteiger partial charge on any atom is -0.383 e. The minimum atomic E-state index is -0.299. The highest BCUT2D eigenvalue weighted by Gasteiger charge is 2.34. The first-order valence-corrected chi connectivity index (χ1v) is 8.02. The molecule has 2 rings (SSSR count). The maximum atomic E-state index is 12.5. The average molecular weight is 319 g/mol. The SMILES string of the molecule is CCNCc1ccccc1NC(=O)C1CC(=O)N(CCOC)C1. The molecule has 6 heteroatoms. The number of para-hydroxylation sites is 1. The Hall–Kier alpha value is -1.92. The van der Waals surface area contributed by atoms with E-state index in [2.05, 4.69) is 10.6 Å². The summed E-state index contributed by atoms with van der Waals surface area (Å²) in [5.74, 6) is -0.378. The van der Waals surface area contributed by atoms with Crippen LogP contribution in [0.4, 0.5) is 5.69 Å². The lowest BCUT2D eigenvalue weighted by atomic mass is 10.1. The summed E-state index contributed by atoms with van der Waals surface area (Å²) in [6.45, 7) is 5.11. The molecule has 0 bridgehead atoms. The molecule has 1 aliphatic rings. The van der Waals surface area contributed by atoms with Crippen LogP contribution in [0.25, 0.3) is 0 Å². The molecule has 23 heavy (non-hydrogen) atoms. The maximum absolute atomic E-state index is 12.5. The molecule has 0 saturated carbocycles. The van der Waals surface area contributed by atoms with Gasteiger partial charge in [0.05, 0.1) is 12.5 Å². The quantitative estimate of drug-likeness (QED) is 0.756. The highest BCUT2D eigenvalue weighted by molar-refractivity contribution is 5.97. The van der Waals surface area contributed by atoms with E-state index in [4.69, 9.17) is 4.74 Å². The Bertz CT molecular complexity index is 548. The summed E-state index contributed by atoms with van der Waals surface area (Å²) in [5.41, 5.74) is 1.85. The van der Waals surface area contributed by atoms with Crippen molar-refractivity contribution in [1.29, 1.82) is 0 Å². The number of hydrogen-bond donors (Lipinski definition) is 2. The van der Waals surface area contributed by atoms with Gasteiger partial charge in [-0.25, -0.2) is 0 Å². The Labute approximate surface area is 137 Å². The number of likely N-dealkylation sites (tertiary alicyclic amines) is 1. The molecule has 0 aliphatic carbocycles. The van der Waals surface area contributed by atoms with Crippen molar-refractivity contribution in [1.82, 2.24) is 10.2 Å². The molecular formula is C17H25N3O3. The molecule has 1 atom stereocenters. The average Bonchev–Trinajstić information content (AvgIpc) is 2.93. The number of carbonyl (C=O) groups is 2. The van der Waals surface area contributed by atoms with E-state index in [1.54, 1.807) is 12.0 Å². The van der Waals surface area contributed by atoms with E-state index in [0.717, 1.165) is 17.8 Å². The van der Waals surface area contributed by atoms with Crippen molar-refractivity contribution in [3.8, 4) is 0 Å². The second kappa shape index (κ2) is 8.64. The van der Waals surface area contributed by atoms with Gasteiger partial charge in [0, 0.05) is 38.9 Å². The molecule has 2 N–H and O–H groups in total. The summed E-state index contributed by atoms with van der Waals surface area (Å²) in [6.07, 6.45) is 0.269. The molecule has 1 unspecified atom stereocenters. The Morgan fingerprint density at radius 1 is 1.39 bits per heavy atom. The number of ether oxygens (including phenoxy) is 1. The number of nitrogens with one attached hydrogen (secondary N) is 2. The van der Waals surface area contributed by atoms with Crippen LogP contribution in [-0.2, 0) is 20.9 Å². The van der Waals surface area contributed by atoms with Crippen LogP contribution in [0.3, 0.4) is 0 Å². The lowest BCUT2D eigenvalue weighted by Crippen LogP contribution is -2.31. The molecule has 6 nitrogen and oxygen atoms in total. The van der Waals surface area contributed by atoms with Gasteiger partial charge in [-0.1, -0.05) is 25.1 Å². The molecule has 1 aromatic carbocycles. The van der Waals surface area contributed by atoms with Crippen molar-refractivity contribution < 1.29 is 14.3 Å². The Morgan fingerprint density at radius 2 is 2.17 bits per heavy atom. The molecule has 1 fully saturated rings.